The Labute approximate surface area is 469 Å². The molecule has 1 atom stereocenters. The van der Waals surface area contributed by atoms with Crippen LogP contribution in [0.25, 0.3) is 0 Å². The van der Waals surface area contributed by atoms with Crippen LogP contribution in [0.3, 0.4) is 0 Å². The van der Waals surface area contributed by atoms with Crippen molar-refractivity contribution >= 4 is 17.9 Å². The molecule has 0 aliphatic rings. The van der Waals surface area contributed by atoms with Crippen molar-refractivity contribution in [1.82, 2.24) is 0 Å². The maximum absolute atomic E-state index is 12.9. The van der Waals surface area contributed by atoms with Gasteiger partial charge in [-0.05, 0) is 128 Å². The fourth-order valence-corrected chi connectivity index (χ4v) is 8.51. The van der Waals surface area contributed by atoms with Crippen LogP contribution in [0.2, 0.25) is 0 Å². The topological polar surface area (TPSA) is 78.9 Å². The maximum atomic E-state index is 12.9. The van der Waals surface area contributed by atoms with E-state index in [-0.39, 0.29) is 31.1 Å². The van der Waals surface area contributed by atoms with E-state index in [2.05, 4.69) is 142 Å². The molecule has 0 N–H and O–H groups in total. The van der Waals surface area contributed by atoms with E-state index < -0.39 is 6.10 Å². The van der Waals surface area contributed by atoms with Gasteiger partial charge in [0.1, 0.15) is 13.2 Å². The van der Waals surface area contributed by atoms with Gasteiger partial charge < -0.3 is 14.2 Å². The minimum Gasteiger partial charge on any atom is -0.462 e. The number of carbonyl (C=O) groups excluding carboxylic acids is 3. The number of rotatable bonds is 56. The van der Waals surface area contributed by atoms with Crippen molar-refractivity contribution in [1.29, 1.82) is 0 Å². The normalized spacial score (nSPS) is 12.9. The van der Waals surface area contributed by atoms with Crippen LogP contribution in [0.5, 0.6) is 0 Å². The molecule has 0 saturated heterocycles. The largest absolute Gasteiger partial charge is 0.462 e. The highest BCUT2D eigenvalue weighted by Crippen LogP contribution is 2.15. The van der Waals surface area contributed by atoms with Gasteiger partial charge in [0.15, 0.2) is 6.10 Å². The predicted octanol–water partition coefficient (Wildman–Crippen LogP) is 21.6. The third kappa shape index (κ3) is 60.7. The summed E-state index contributed by atoms with van der Waals surface area (Å²) in [6.07, 6.45) is 87.7. The average Bonchev–Trinajstić information content (AvgIpc) is 3.42. The summed E-state index contributed by atoms with van der Waals surface area (Å²) in [5, 5.41) is 0. The molecule has 0 heterocycles. The molecule has 0 aromatic carbocycles. The van der Waals surface area contributed by atoms with Crippen LogP contribution in [0.15, 0.2) is 122 Å². The fraction of sp³-hybridized carbons (Fsp3) is 0.671. The Balaban J connectivity index is 4.32. The van der Waals surface area contributed by atoms with Crippen LogP contribution in [-0.2, 0) is 28.6 Å². The fourth-order valence-electron chi connectivity index (χ4n) is 8.51. The van der Waals surface area contributed by atoms with E-state index >= 15 is 0 Å². The maximum Gasteiger partial charge on any atom is 0.306 e. The molecule has 0 amide bonds. The van der Waals surface area contributed by atoms with Gasteiger partial charge in [0.2, 0.25) is 0 Å². The molecule has 0 aliphatic carbocycles. The molecule has 0 aliphatic heterocycles. The first-order chi connectivity index (χ1) is 37.5. The van der Waals surface area contributed by atoms with E-state index in [0.29, 0.717) is 19.3 Å². The van der Waals surface area contributed by atoms with E-state index in [1.807, 2.05) is 0 Å². The summed E-state index contributed by atoms with van der Waals surface area (Å²) in [6.45, 7) is 6.38. The highest BCUT2D eigenvalue weighted by Gasteiger charge is 2.19. The number of ether oxygens (including phenoxy) is 3. The molecule has 6 nitrogen and oxygen atoms in total. The first-order valence-electron chi connectivity index (χ1n) is 31.5. The van der Waals surface area contributed by atoms with Crippen molar-refractivity contribution < 1.29 is 28.6 Å². The smallest absolute Gasteiger partial charge is 0.306 e. The molecule has 0 spiro atoms. The third-order valence-electron chi connectivity index (χ3n) is 13.2. The number of esters is 3. The van der Waals surface area contributed by atoms with Crippen LogP contribution in [0, 0.1) is 0 Å². The van der Waals surface area contributed by atoms with E-state index in [9.17, 15) is 14.4 Å². The SMILES string of the molecule is CC/C=C\C/C=C\C/C=C\C/C=C\C/C=C\CCCCCCCCCCCCCC(=O)OCC(COC(=O)CCCCCCC/C=C\CCCCC)OC(=O)CCCCCCCC/C=C\C/C=C\C/C=C\C/C=C\CC. The zero-order valence-electron chi connectivity index (χ0n) is 49.5. The van der Waals surface area contributed by atoms with Crippen molar-refractivity contribution in [2.24, 2.45) is 0 Å². The van der Waals surface area contributed by atoms with Crippen LogP contribution >= 0.6 is 0 Å². The lowest BCUT2D eigenvalue weighted by molar-refractivity contribution is -0.167. The lowest BCUT2D eigenvalue weighted by Crippen LogP contribution is -2.30. The van der Waals surface area contributed by atoms with Gasteiger partial charge >= 0.3 is 17.9 Å². The number of unbranched alkanes of at least 4 members (excludes halogenated alkanes) is 25. The first-order valence-corrected chi connectivity index (χ1v) is 31.5. The Morgan fingerprint density at radius 3 is 0.816 bits per heavy atom. The zero-order valence-corrected chi connectivity index (χ0v) is 49.5. The molecular formula is C70H116O6. The number of hydrogen-bond acceptors (Lipinski definition) is 6. The summed E-state index contributed by atoms with van der Waals surface area (Å²) < 4.78 is 16.9. The minimum absolute atomic E-state index is 0.0897. The van der Waals surface area contributed by atoms with Crippen LogP contribution in [0.4, 0.5) is 0 Å². The van der Waals surface area contributed by atoms with Crippen molar-refractivity contribution in [3.63, 3.8) is 0 Å². The summed E-state index contributed by atoms with van der Waals surface area (Å²) in [5.41, 5.74) is 0. The van der Waals surface area contributed by atoms with Gasteiger partial charge in [-0.15, -0.1) is 0 Å². The van der Waals surface area contributed by atoms with Gasteiger partial charge in [0, 0.05) is 19.3 Å². The molecule has 0 bridgehead atoms. The predicted molar refractivity (Wildman–Crippen MR) is 330 cm³/mol. The van der Waals surface area contributed by atoms with Crippen LogP contribution in [-0.4, -0.2) is 37.2 Å². The number of allylic oxidation sites excluding steroid dienone is 20. The quantitative estimate of drug-likeness (QED) is 0.0261. The molecule has 76 heavy (non-hydrogen) atoms. The standard InChI is InChI=1S/C70H116O6/c1-4-7-10-13-16-19-22-25-27-29-31-32-33-34-35-36-37-38-40-41-43-45-48-51-54-57-60-63-69(72)75-66-67(65-74-68(71)62-59-56-53-50-47-24-21-18-15-12-9-6-3)76-70(73)64-61-58-55-52-49-46-44-42-39-30-28-26-23-20-17-14-11-8-5-2/h7-8,10-11,16-21,25-28,31-32,34-35,39,42,67H,4-6,9,12-15,22-24,29-30,33,36-38,40-41,43-66H2,1-3H3/b10-7-,11-8-,19-16-,20-17-,21-18-,27-25-,28-26-,32-31-,35-34-,42-39-. The lowest BCUT2D eigenvalue weighted by atomic mass is 10.0. The lowest BCUT2D eigenvalue weighted by Gasteiger charge is -2.18. The summed E-state index contributed by atoms with van der Waals surface area (Å²) >= 11 is 0. The van der Waals surface area contributed by atoms with Gasteiger partial charge in [-0.2, -0.15) is 0 Å². The Morgan fingerprint density at radius 1 is 0.276 bits per heavy atom. The van der Waals surface area contributed by atoms with Gasteiger partial charge in [0.05, 0.1) is 0 Å². The van der Waals surface area contributed by atoms with E-state index in [1.165, 1.54) is 109 Å². The number of hydrogen-bond donors (Lipinski definition) is 0. The highest BCUT2D eigenvalue weighted by atomic mass is 16.6. The van der Waals surface area contributed by atoms with E-state index in [0.717, 1.165) is 135 Å². The summed E-state index contributed by atoms with van der Waals surface area (Å²) in [7, 11) is 0. The highest BCUT2D eigenvalue weighted by molar-refractivity contribution is 5.71. The van der Waals surface area contributed by atoms with Crippen LogP contribution in [0.1, 0.15) is 284 Å². The Bertz CT molecular complexity index is 1590. The summed E-state index contributed by atoms with van der Waals surface area (Å²) in [6, 6.07) is 0. The average molecular weight is 1050 g/mol. The molecule has 432 valence electrons. The Morgan fingerprint density at radius 2 is 0.513 bits per heavy atom. The van der Waals surface area contributed by atoms with E-state index in [4.69, 9.17) is 14.2 Å². The first kappa shape index (κ1) is 71.8. The minimum atomic E-state index is -0.794. The van der Waals surface area contributed by atoms with E-state index in [1.54, 1.807) is 0 Å². The van der Waals surface area contributed by atoms with Gasteiger partial charge in [-0.1, -0.05) is 258 Å². The zero-order chi connectivity index (χ0) is 55.0. The van der Waals surface area contributed by atoms with Gasteiger partial charge in [-0.25, -0.2) is 0 Å². The van der Waals surface area contributed by atoms with Crippen molar-refractivity contribution in [3.8, 4) is 0 Å². The second-order valence-corrected chi connectivity index (χ2v) is 20.5. The van der Waals surface area contributed by atoms with Crippen molar-refractivity contribution in [2.45, 2.75) is 290 Å². The molecule has 0 saturated carbocycles. The van der Waals surface area contributed by atoms with Gasteiger partial charge in [-0.3, -0.25) is 14.4 Å². The summed E-state index contributed by atoms with van der Waals surface area (Å²) in [4.78, 5) is 38.3. The van der Waals surface area contributed by atoms with Gasteiger partial charge in [0.25, 0.3) is 0 Å². The van der Waals surface area contributed by atoms with Crippen molar-refractivity contribution in [2.75, 3.05) is 13.2 Å². The monoisotopic (exact) mass is 1050 g/mol. The molecule has 0 aromatic heterocycles. The number of carbonyl (C=O) groups is 3. The molecule has 0 rings (SSSR count). The van der Waals surface area contributed by atoms with Crippen molar-refractivity contribution in [3.05, 3.63) is 122 Å². The molecule has 0 radical (unpaired) electrons. The molecule has 0 fully saturated rings. The third-order valence-corrected chi connectivity index (χ3v) is 13.2. The molecule has 6 heteroatoms. The summed E-state index contributed by atoms with van der Waals surface area (Å²) in [5.74, 6) is -0.912. The molecule has 1 unspecified atom stereocenters. The second-order valence-electron chi connectivity index (χ2n) is 20.5. The molecular weight excluding hydrogens is 937 g/mol. The second kappa shape index (κ2) is 63.3. The molecule has 0 aromatic rings. The Hall–Kier alpha value is -4.19. The Kier molecular flexibility index (Phi) is 59.9. The van der Waals surface area contributed by atoms with Crippen LogP contribution < -0.4 is 0 Å².